The first-order valence-corrected chi connectivity index (χ1v) is 8.32. The van der Waals surface area contributed by atoms with Gasteiger partial charge in [-0.05, 0) is 18.6 Å². The zero-order valence-electron chi connectivity index (χ0n) is 14.0. The normalized spacial score (nSPS) is 13.5. The smallest absolute Gasteiger partial charge is 0.418 e. The van der Waals surface area contributed by atoms with Crippen molar-refractivity contribution in [3.05, 3.63) is 41.6 Å². The van der Waals surface area contributed by atoms with E-state index in [4.69, 9.17) is 4.74 Å². The number of alkyl halides is 3. The molecule has 1 aliphatic rings. The summed E-state index contributed by atoms with van der Waals surface area (Å²) >= 11 is 0. The van der Waals surface area contributed by atoms with Crippen LogP contribution in [0, 0.1) is 0 Å². The topological polar surface area (TPSA) is 62.0 Å². The zero-order valence-corrected chi connectivity index (χ0v) is 14.0. The van der Waals surface area contributed by atoms with Gasteiger partial charge in [0.25, 0.3) is 0 Å². The van der Waals surface area contributed by atoms with E-state index in [2.05, 4.69) is 20.6 Å². The van der Waals surface area contributed by atoms with Crippen molar-refractivity contribution in [1.29, 1.82) is 0 Å². The lowest BCUT2D eigenvalue weighted by molar-refractivity contribution is -0.136. The fourth-order valence-electron chi connectivity index (χ4n) is 3.20. The molecule has 26 heavy (non-hydrogen) atoms. The highest BCUT2D eigenvalue weighted by molar-refractivity contribution is 5.95. The number of halogens is 3. The van der Waals surface area contributed by atoms with Gasteiger partial charge in [-0.2, -0.15) is 13.2 Å². The van der Waals surface area contributed by atoms with Crippen molar-refractivity contribution < 1.29 is 17.9 Å². The van der Waals surface area contributed by atoms with Gasteiger partial charge < -0.3 is 20.4 Å². The Hall–Kier alpha value is -2.90. The molecular formula is C18H17F3N4O. The van der Waals surface area contributed by atoms with Crippen LogP contribution in [0.1, 0.15) is 18.1 Å². The Bertz CT molecular complexity index is 965. The number of rotatable bonds is 4. The number of nitrogens with zero attached hydrogens (tertiary/aromatic N) is 1. The minimum Gasteiger partial charge on any atom is -0.491 e. The quantitative estimate of drug-likeness (QED) is 0.630. The van der Waals surface area contributed by atoms with Crippen molar-refractivity contribution in [2.45, 2.75) is 19.5 Å². The average Bonchev–Trinajstić information content (AvgIpc) is 3.21. The molecule has 0 saturated heterocycles. The van der Waals surface area contributed by atoms with E-state index in [1.54, 1.807) is 6.07 Å². The van der Waals surface area contributed by atoms with E-state index in [9.17, 15) is 13.2 Å². The molecule has 0 bridgehead atoms. The molecular weight excluding hydrogens is 345 g/mol. The van der Waals surface area contributed by atoms with E-state index in [0.29, 0.717) is 24.7 Å². The standard InChI is InChI=1S/C18H17F3N4O/c1-2-22-13-8-14(24-12-5-3-4-10-6-7-26-16(10)12)25-17-15(13)11(9-23-17)18(19,20)21/h3-5,8-9H,2,6-7H2,1H3,(H3,22,23,24,25). The Kier molecular flexibility index (Phi) is 3.90. The van der Waals surface area contributed by atoms with Crippen molar-refractivity contribution >= 4 is 28.2 Å². The van der Waals surface area contributed by atoms with Crippen LogP contribution in [0.5, 0.6) is 5.75 Å². The first kappa shape index (κ1) is 16.6. The lowest BCUT2D eigenvalue weighted by atomic mass is 10.1. The minimum atomic E-state index is -4.45. The van der Waals surface area contributed by atoms with Crippen molar-refractivity contribution in [3.63, 3.8) is 0 Å². The van der Waals surface area contributed by atoms with Crippen LogP contribution in [0.4, 0.5) is 30.4 Å². The molecule has 3 aromatic rings. The fraction of sp³-hybridized carbons (Fsp3) is 0.278. The van der Waals surface area contributed by atoms with E-state index in [0.717, 1.165) is 29.6 Å². The Balaban J connectivity index is 1.79. The van der Waals surface area contributed by atoms with Gasteiger partial charge in [0.1, 0.15) is 17.2 Å². The molecule has 0 spiro atoms. The minimum absolute atomic E-state index is 0.0411. The number of H-pyrrole nitrogens is 1. The summed E-state index contributed by atoms with van der Waals surface area (Å²) in [6.07, 6.45) is -2.66. The van der Waals surface area contributed by atoms with Crippen molar-refractivity contribution in [1.82, 2.24) is 9.97 Å². The Morgan fingerprint density at radius 2 is 2.12 bits per heavy atom. The van der Waals surface area contributed by atoms with Gasteiger partial charge in [0.15, 0.2) is 0 Å². The van der Waals surface area contributed by atoms with Gasteiger partial charge >= 0.3 is 6.18 Å². The number of aromatic amines is 1. The van der Waals surface area contributed by atoms with Crippen LogP contribution >= 0.6 is 0 Å². The molecule has 8 heteroatoms. The SMILES string of the molecule is CCNc1cc(Nc2cccc3c2OCC3)nc2[nH]cc(C(F)(F)F)c12. The second kappa shape index (κ2) is 6.12. The van der Waals surface area contributed by atoms with Gasteiger partial charge in [-0.15, -0.1) is 0 Å². The first-order chi connectivity index (χ1) is 12.5. The maximum Gasteiger partial charge on any atom is 0.418 e. The number of benzene rings is 1. The average molecular weight is 362 g/mol. The van der Waals surface area contributed by atoms with Gasteiger partial charge in [0.2, 0.25) is 0 Å². The second-order valence-corrected chi connectivity index (χ2v) is 6.03. The number of fused-ring (bicyclic) bond motifs is 2. The number of ether oxygens (including phenoxy) is 1. The van der Waals surface area contributed by atoms with Crippen LogP contribution in [0.15, 0.2) is 30.5 Å². The van der Waals surface area contributed by atoms with Crippen LogP contribution < -0.4 is 15.4 Å². The summed E-state index contributed by atoms with van der Waals surface area (Å²) in [5.41, 5.74) is 1.67. The summed E-state index contributed by atoms with van der Waals surface area (Å²) in [4.78, 5) is 6.94. The predicted octanol–water partition coefficient (Wildman–Crippen LogP) is 4.69. The van der Waals surface area contributed by atoms with E-state index in [1.165, 1.54) is 0 Å². The molecule has 0 aliphatic carbocycles. The maximum atomic E-state index is 13.3. The molecule has 1 aliphatic heterocycles. The second-order valence-electron chi connectivity index (χ2n) is 6.03. The maximum absolute atomic E-state index is 13.3. The van der Waals surface area contributed by atoms with Crippen LogP contribution in [0.25, 0.3) is 11.0 Å². The summed E-state index contributed by atoms with van der Waals surface area (Å²) in [6.45, 7) is 2.94. The molecule has 0 saturated carbocycles. The zero-order chi connectivity index (χ0) is 18.3. The van der Waals surface area contributed by atoms with Crippen LogP contribution in [-0.2, 0) is 12.6 Å². The lowest BCUT2D eigenvalue weighted by Gasteiger charge is -2.14. The summed E-state index contributed by atoms with van der Waals surface area (Å²) in [5, 5.41) is 6.20. The molecule has 1 aromatic carbocycles. The van der Waals surface area contributed by atoms with E-state index >= 15 is 0 Å². The van der Waals surface area contributed by atoms with Crippen LogP contribution in [0.2, 0.25) is 0 Å². The third-order valence-corrected chi connectivity index (χ3v) is 4.29. The number of hydrogen-bond donors (Lipinski definition) is 3. The third kappa shape index (κ3) is 2.81. The molecule has 0 fully saturated rings. The molecule has 0 atom stereocenters. The summed E-state index contributed by atoms with van der Waals surface area (Å²) in [5.74, 6) is 1.20. The molecule has 0 unspecified atom stereocenters. The number of anilines is 3. The summed E-state index contributed by atoms with van der Waals surface area (Å²) in [6, 6.07) is 7.35. The monoisotopic (exact) mass is 362 g/mol. The Morgan fingerprint density at radius 1 is 1.27 bits per heavy atom. The fourth-order valence-corrected chi connectivity index (χ4v) is 3.20. The number of pyridine rings is 1. The molecule has 3 heterocycles. The highest BCUT2D eigenvalue weighted by Gasteiger charge is 2.35. The Labute approximate surface area is 147 Å². The first-order valence-electron chi connectivity index (χ1n) is 8.32. The van der Waals surface area contributed by atoms with Gasteiger partial charge in [-0.1, -0.05) is 12.1 Å². The van der Waals surface area contributed by atoms with E-state index in [-0.39, 0.29) is 11.0 Å². The summed E-state index contributed by atoms with van der Waals surface area (Å²) < 4.78 is 45.4. The lowest BCUT2D eigenvalue weighted by Crippen LogP contribution is -2.06. The molecule has 0 amide bonds. The van der Waals surface area contributed by atoms with Gasteiger partial charge in [0.05, 0.1) is 23.2 Å². The third-order valence-electron chi connectivity index (χ3n) is 4.29. The highest BCUT2D eigenvalue weighted by atomic mass is 19.4. The Morgan fingerprint density at radius 3 is 2.88 bits per heavy atom. The molecule has 136 valence electrons. The van der Waals surface area contributed by atoms with Crippen molar-refractivity contribution in [3.8, 4) is 5.75 Å². The number of para-hydroxylation sites is 1. The molecule has 4 rings (SSSR count). The van der Waals surface area contributed by atoms with Crippen molar-refractivity contribution in [2.75, 3.05) is 23.8 Å². The highest BCUT2D eigenvalue weighted by Crippen LogP contribution is 2.40. The summed E-state index contributed by atoms with van der Waals surface area (Å²) in [7, 11) is 0. The number of hydrogen-bond acceptors (Lipinski definition) is 4. The van der Waals surface area contributed by atoms with E-state index < -0.39 is 11.7 Å². The van der Waals surface area contributed by atoms with Crippen molar-refractivity contribution in [2.24, 2.45) is 0 Å². The van der Waals surface area contributed by atoms with Crippen LogP contribution in [0.3, 0.4) is 0 Å². The molecule has 5 nitrogen and oxygen atoms in total. The number of aromatic nitrogens is 2. The van der Waals surface area contributed by atoms with E-state index in [1.807, 2.05) is 25.1 Å². The predicted molar refractivity (Wildman–Crippen MR) is 94.2 cm³/mol. The van der Waals surface area contributed by atoms with Crippen LogP contribution in [-0.4, -0.2) is 23.1 Å². The largest absolute Gasteiger partial charge is 0.491 e. The molecule has 3 N–H and O–H groups in total. The van der Waals surface area contributed by atoms with Gasteiger partial charge in [-0.25, -0.2) is 4.98 Å². The van der Waals surface area contributed by atoms with Gasteiger partial charge in [0, 0.05) is 30.9 Å². The molecule has 0 radical (unpaired) electrons. The molecule has 2 aromatic heterocycles. The van der Waals surface area contributed by atoms with Gasteiger partial charge in [-0.3, -0.25) is 0 Å². The number of nitrogens with one attached hydrogen (secondary N) is 3.